The molecule has 0 fully saturated rings. The lowest BCUT2D eigenvalue weighted by Crippen LogP contribution is -2.62. The van der Waals surface area contributed by atoms with E-state index in [9.17, 15) is 22.6 Å². The third-order valence-corrected chi connectivity index (χ3v) is 4.55. The summed E-state index contributed by atoms with van der Waals surface area (Å²) in [5, 5.41) is 4.51. The quantitative estimate of drug-likeness (QED) is 0.346. The van der Waals surface area contributed by atoms with Gasteiger partial charge in [0.1, 0.15) is 10.9 Å². The highest BCUT2D eigenvalue weighted by Crippen LogP contribution is 2.23. The first kappa shape index (κ1) is 17.3. The Labute approximate surface area is 112 Å². The predicted octanol–water partition coefficient (Wildman–Crippen LogP) is -0.0266. The van der Waals surface area contributed by atoms with Crippen molar-refractivity contribution in [2.24, 2.45) is 0 Å². The van der Waals surface area contributed by atoms with Gasteiger partial charge in [-0.3, -0.25) is 14.1 Å². The van der Waals surface area contributed by atoms with Crippen LogP contribution in [0, 0.1) is 0 Å². The van der Waals surface area contributed by atoms with Crippen molar-refractivity contribution < 1.29 is 22.6 Å². The van der Waals surface area contributed by atoms with Crippen molar-refractivity contribution in [2.75, 3.05) is 0 Å². The second-order valence-electron chi connectivity index (χ2n) is 4.00. The Hall–Kier alpha value is -1.67. The van der Waals surface area contributed by atoms with Crippen molar-refractivity contribution >= 4 is 21.9 Å². The molecule has 0 saturated heterocycles. The van der Waals surface area contributed by atoms with Gasteiger partial charge in [-0.15, -0.1) is 0 Å². The average Bonchev–Trinajstić information content (AvgIpc) is 2.34. The molecule has 19 heavy (non-hydrogen) atoms. The minimum Gasteiger partial charge on any atom is -0.331 e. The fraction of sp³-hybridized carbons (Fsp3) is 0.455. The van der Waals surface area contributed by atoms with Crippen molar-refractivity contribution in [1.29, 1.82) is 0 Å². The van der Waals surface area contributed by atoms with Crippen LogP contribution in [0.15, 0.2) is 25.3 Å². The van der Waals surface area contributed by atoms with Gasteiger partial charge in [-0.1, -0.05) is 20.1 Å². The molecule has 0 bridgehead atoms. The summed E-state index contributed by atoms with van der Waals surface area (Å²) in [7, 11) is -4.52. The van der Waals surface area contributed by atoms with Gasteiger partial charge in [0.15, 0.2) is 0 Å². The van der Waals surface area contributed by atoms with E-state index < -0.39 is 32.8 Å². The van der Waals surface area contributed by atoms with Crippen molar-refractivity contribution in [2.45, 2.75) is 31.2 Å². The molecule has 7 nitrogen and oxygen atoms in total. The van der Waals surface area contributed by atoms with E-state index in [1.165, 1.54) is 13.8 Å². The summed E-state index contributed by atoms with van der Waals surface area (Å²) in [6, 6.07) is 0. The fourth-order valence-corrected chi connectivity index (χ4v) is 2.06. The molecule has 3 N–H and O–H groups in total. The maximum Gasteiger partial charge on any atom is 0.274 e. The van der Waals surface area contributed by atoms with Crippen LogP contribution in [0.4, 0.5) is 0 Å². The van der Waals surface area contributed by atoms with E-state index in [2.05, 4.69) is 23.8 Å². The zero-order valence-electron chi connectivity index (χ0n) is 10.8. The average molecular weight is 290 g/mol. The molecule has 0 aliphatic carbocycles. The number of nitrogens with one attached hydrogen (secondary N) is 2. The third kappa shape index (κ3) is 4.18. The van der Waals surface area contributed by atoms with Gasteiger partial charge in [-0.05, 0) is 25.5 Å². The zero-order valence-corrected chi connectivity index (χ0v) is 11.7. The summed E-state index contributed by atoms with van der Waals surface area (Å²) in [6.45, 7) is 9.16. The lowest BCUT2D eigenvalue weighted by atomic mass is 10.0. The molecule has 0 spiro atoms. The lowest BCUT2D eigenvalue weighted by Gasteiger charge is -2.34. The number of hydrogen-bond donors (Lipinski definition) is 3. The molecule has 8 heteroatoms. The maximum atomic E-state index is 11.5. The van der Waals surface area contributed by atoms with E-state index in [1.54, 1.807) is 0 Å². The van der Waals surface area contributed by atoms with Gasteiger partial charge in [0.25, 0.3) is 10.1 Å². The van der Waals surface area contributed by atoms with E-state index in [4.69, 9.17) is 0 Å². The van der Waals surface area contributed by atoms with Crippen LogP contribution < -0.4 is 10.6 Å². The molecule has 108 valence electrons. The Balaban J connectivity index is 5.53. The number of carbonyl (C=O) groups excluding carboxylic acids is 2. The van der Waals surface area contributed by atoms with Crippen LogP contribution in [0.3, 0.4) is 0 Å². The molecule has 0 aliphatic heterocycles. The Morgan fingerprint density at radius 2 is 1.63 bits per heavy atom. The molecule has 2 amide bonds. The molecule has 0 heterocycles. The molecular formula is C11H18N2O5S. The fourth-order valence-electron chi connectivity index (χ4n) is 1.28. The molecule has 0 radical (unpaired) electrons. The molecule has 0 aromatic rings. The Kier molecular flexibility index (Phi) is 5.91. The minimum absolute atomic E-state index is 0.0364. The molecule has 0 saturated carbocycles. The van der Waals surface area contributed by atoms with Gasteiger partial charge in [0.05, 0.1) is 0 Å². The first-order chi connectivity index (χ1) is 8.62. The molecular weight excluding hydrogens is 272 g/mol. The van der Waals surface area contributed by atoms with E-state index in [0.29, 0.717) is 0 Å². The highest BCUT2D eigenvalue weighted by Gasteiger charge is 2.45. The predicted molar refractivity (Wildman–Crippen MR) is 70.7 cm³/mol. The summed E-state index contributed by atoms with van der Waals surface area (Å²) >= 11 is 0. The molecule has 0 aromatic carbocycles. The van der Waals surface area contributed by atoms with Gasteiger partial charge in [0, 0.05) is 0 Å². The molecule has 0 aliphatic rings. The van der Waals surface area contributed by atoms with E-state index in [0.717, 1.165) is 12.2 Å². The minimum atomic E-state index is -4.52. The monoisotopic (exact) mass is 290 g/mol. The zero-order chi connectivity index (χ0) is 15.3. The highest BCUT2D eigenvalue weighted by atomic mass is 32.2. The Morgan fingerprint density at radius 1 is 1.26 bits per heavy atom. The van der Waals surface area contributed by atoms with Crippen molar-refractivity contribution in [3.05, 3.63) is 25.3 Å². The standard InChI is InChI=1S/C11H18N2O5S/c1-5-8(14)12-10(13-9(15)6-2)11(4,7-3)19(16,17)18/h5-6,10H,1-2,7H2,3-4H3,(H,12,14)(H,13,15)(H,16,17,18). The van der Waals surface area contributed by atoms with Gasteiger partial charge in [0.2, 0.25) is 11.8 Å². The summed E-state index contributed by atoms with van der Waals surface area (Å²) in [6.07, 6.45) is 0.495. The molecule has 0 rings (SSSR count). The van der Waals surface area contributed by atoms with Gasteiger partial charge in [-0.2, -0.15) is 8.42 Å². The third-order valence-electron chi connectivity index (χ3n) is 2.85. The number of amides is 2. The first-order valence-electron chi connectivity index (χ1n) is 5.45. The van der Waals surface area contributed by atoms with E-state index >= 15 is 0 Å². The summed E-state index contributed by atoms with van der Waals surface area (Å²) in [5.74, 6) is -1.37. The highest BCUT2D eigenvalue weighted by molar-refractivity contribution is 7.87. The molecule has 0 aromatic heterocycles. The second kappa shape index (κ2) is 6.48. The van der Waals surface area contributed by atoms with Gasteiger partial charge in [-0.25, -0.2) is 0 Å². The van der Waals surface area contributed by atoms with Gasteiger partial charge < -0.3 is 10.6 Å². The van der Waals surface area contributed by atoms with Crippen LogP contribution in [0.2, 0.25) is 0 Å². The van der Waals surface area contributed by atoms with Crippen LogP contribution in [0.5, 0.6) is 0 Å². The van der Waals surface area contributed by atoms with Crippen LogP contribution in [0.25, 0.3) is 0 Å². The Bertz CT molecular complexity index is 463. The van der Waals surface area contributed by atoms with E-state index in [1.807, 2.05) is 0 Å². The second-order valence-corrected chi connectivity index (χ2v) is 5.88. The number of rotatable bonds is 7. The van der Waals surface area contributed by atoms with Gasteiger partial charge >= 0.3 is 0 Å². The number of hydrogen-bond acceptors (Lipinski definition) is 4. The van der Waals surface area contributed by atoms with Crippen LogP contribution >= 0.6 is 0 Å². The smallest absolute Gasteiger partial charge is 0.274 e. The largest absolute Gasteiger partial charge is 0.331 e. The SMILES string of the molecule is C=CC(=O)NC(NC(=O)C=C)C(C)(CC)S(=O)(=O)O. The lowest BCUT2D eigenvalue weighted by molar-refractivity contribution is -0.120. The summed E-state index contributed by atoms with van der Waals surface area (Å²) in [5.41, 5.74) is 0. The maximum absolute atomic E-state index is 11.5. The molecule has 1 unspecified atom stereocenters. The topological polar surface area (TPSA) is 113 Å². The van der Waals surface area contributed by atoms with Crippen molar-refractivity contribution in [3.8, 4) is 0 Å². The number of carbonyl (C=O) groups is 2. The van der Waals surface area contributed by atoms with Crippen LogP contribution in [-0.4, -0.2) is 35.7 Å². The van der Waals surface area contributed by atoms with Crippen molar-refractivity contribution in [3.63, 3.8) is 0 Å². The summed E-state index contributed by atoms with van der Waals surface area (Å²) < 4.78 is 30.5. The Morgan fingerprint density at radius 3 is 1.84 bits per heavy atom. The first-order valence-corrected chi connectivity index (χ1v) is 6.89. The van der Waals surface area contributed by atoms with Crippen LogP contribution in [-0.2, 0) is 19.7 Å². The molecule has 1 atom stereocenters. The van der Waals surface area contributed by atoms with Crippen molar-refractivity contribution in [1.82, 2.24) is 10.6 Å². The van der Waals surface area contributed by atoms with E-state index in [-0.39, 0.29) is 6.42 Å². The summed E-state index contributed by atoms with van der Waals surface area (Å²) in [4.78, 5) is 22.6. The normalized spacial score (nSPS) is 14.3. The van der Waals surface area contributed by atoms with Crippen LogP contribution in [0.1, 0.15) is 20.3 Å².